The van der Waals surface area contributed by atoms with Gasteiger partial charge < -0.3 is 10.2 Å². The van der Waals surface area contributed by atoms with E-state index in [2.05, 4.69) is 5.32 Å². The van der Waals surface area contributed by atoms with Crippen LogP contribution in [0.2, 0.25) is 0 Å². The molecule has 4 nitrogen and oxygen atoms in total. The summed E-state index contributed by atoms with van der Waals surface area (Å²) in [5.74, 6) is 0.0465. The highest BCUT2D eigenvalue weighted by molar-refractivity contribution is 8.00. The minimum absolute atomic E-state index is 0.0880. The van der Waals surface area contributed by atoms with Crippen molar-refractivity contribution >= 4 is 35.0 Å². The maximum atomic E-state index is 13.2. The smallest absolute Gasteiger partial charge is 0.242 e. The van der Waals surface area contributed by atoms with E-state index in [1.807, 2.05) is 84.9 Å². The first kappa shape index (κ1) is 19.3. The van der Waals surface area contributed by atoms with Crippen molar-refractivity contribution in [3.8, 4) is 0 Å². The average molecular weight is 403 g/mol. The molecule has 1 aliphatic rings. The molecule has 4 rings (SSSR count). The van der Waals surface area contributed by atoms with Crippen LogP contribution in [0.5, 0.6) is 0 Å². The van der Waals surface area contributed by atoms with Crippen molar-refractivity contribution < 1.29 is 9.59 Å². The number of anilines is 2. The molecule has 2 amide bonds. The van der Waals surface area contributed by atoms with E-state index in [4.69, 9.17) is 0 Å². The molecule has 5 heteroatoms. The first-order chi connectivity index (χ1) is 14.2. The zero-order chi connectivity index (χ0) is 20.1. The zero-order valence-electron chi connectivity index (χ0n) is 16.0. The lowest BCUT2D eigenvalue weighted by molar-refractivity contribution is -0.117. The van der Waals surface area contributed by atoms with Crippen LogP contribution < -0.4 is 10.2 Å². The minimum atomic E-state index is -0.379. The lowest BCUT2D eigenvalue weighted by Gasteiger charge is -2.19. The fourth-order valence-electron chi connectivity index (χ4n) is 3.42. The molecule has 1 heterocycles. The van der Waals surface area contributed by atoms with Gasteiger partial charge in [0, 0.05) is 29.2 Å². The Hall–Kier alpha value is -3.05. The van der Waals surface area contributed by atoms with Gasteiger partial charge in [0.15, 0.2) is 0 Å². The Labute approximate surface area is 174 Å². The summed E-state index contributed by atoms with van der Waals surface area (Å²) in [6.45, 7) is 0.729. The predicted octanol–water partition coefficient (Wildman–Crippen LogP) is 5.29. The predicted molar refractivity (Wildman–Crippen MR) is 118 cm³/mol. The topological polar surface area (TPSA) is 49.4 Å². The molecule has 0 saturated carbocycles. The van der Waals surface area contributed by atoms with E-state index >= 15 is 0 Å². The van der Waals surface area contributed by atoms with Gasteiger partial charge in [0.1, 0.15) is 5.25 Å². The molecule has 29 heavy (non-hydrogen) atoms. The minimum Gasteiger partial charge on any atom is -0.325 e. The Balaban J connectivity index is 1.56. The molecule has 3 aromatic rings. The highest BCUT2D eigenvalue weighted by Crippen LogP contribution is 2.36. The van der Waals surface area contributed by atoms with Crippen molar-refractivity contribution in [3.05, 3.63) is 90.5 Å². The van der Waals surface area contributed by atoms with Gasteiger partial charge in [0.25, 0.3) is 0 Å². The molecule has 1 aliphatic heterocycles. The van der Waals surface area contributed by atoms with Gasteiger partial charge in [-0.25, -0.2) is 0 Å². The Kier molecular flexibility index (Phi) is 5.96. The van der Waals surface area contributed by atoms with Crippen LogP contribution in [0.25, 0.3) is 0 Å². The van der Waals surface area contributed by atoms with Crippen LogP contribution in [0.3, 0.4) is 0 Å². The molecule has 0 spiro atoms. The second-order valence-electron chi connectivity index (χ2n) is 6.91. The van der Waals surface area contributed by atoms with Crippen LogP contribution in [0, 0.1) is 0 Å². The second kappa shape index (κ2) is 8.97. The van der Waals surface area contributed by atoms with Gasteiger partial charge in [-0.3, -0.25) is 9.59 Å². The Morgan fingerprint density at radius 3 is 2.34 bits per heavy atom. The Bertz CT molecular complexity index is 992. The molecule has 0 bridgehead atoms. The first-order valence-corrected chi connectivity index (χ1v) is 10.6. The molecule has 1 unspecified atom stereocenters. The van der Waals surface area contributed by atoms with Crippen molar-refractivity contribution in [1.29, 1.82) is 0 Å². The molecule has 146 valence electrons. The summed E-state index contributed by atoms with van der Waals surface area (Å²) >= 11 is 1.52. The largest absolute Gasteiger partial charge is 0.325 e. The summed E-state index contributed by atoms with van der Waals surface area (Å²) in [7, 11) is 0. The summed E-state index contributed by atoms with van der Waals surface area (Å²) in [5, 5.41) is 2.66. The molecule has 0 aliphatic carbocycles. The van der Waals surface area contributed by atoms with Crippen molar-refractivity contribution in [2.45, 2.75) is 23.0 Å². The summed E-state index contributed by atoms with van der Waals surface area (Å²) in [6.07, 6.45) is 1.46. The maximum absolute atomic E-state index is 13.2. The summed E-state index contributed by atoms with van der Waals surface area (Å²) in [4.78, 5) is 28.1. The third-order valence-corrected chi connectivity index (χ3v) is 6.10. The van der Waals surface area contributed by atoms with Crippen molar-refractivity contribution in [2.24, 2.45) is 0 Å². The van der Waals surface area contributed by atoms with E-state index in [1.165, 1.54) is 11.8 Å². The highest BCUT2D eigenvalue weighted by atomic mass is 32.2. The Morgan fingerprint density at radius 1 is 0.931 bits per heavy atom. The molecule has 1 atom stereocenters. The number of rotatable bonds is 6. The van der Waals surface area contributed by atoms with Crippen LogP contribution in [-0.2, 0) is 9.59 Å². The maximum Gasteiger partial charge on any atom is 0.242 e. The van der Waals surface area contributed by atoms with Crippen LogP contribution in [0.1, 0.15) is 23.7 Å². The molecule has 1 fully saturated rings. The number of hydrogen-bond donors (Lipinski definition) is 1. The number of benzene rings is 3. The van der Waals surface area contributed by atoms with Crippen LogP contribution in [0.15, 0.2) is 89.8 Å². The second-order valence-corrected chi connectivity index (χ2v) is 8.09. The highest BCUT2D eigenvalue weighted by Gasteiger charge is 2.24. The lowest BCUT2D eigenvalue weighted by atomic mass is 10.1. The first-order valence-electron chi connectivity index (χ1n) is 9.69. The lowest BCUT2D eigenvalue weighted by Crippen LogP contribution is -2.24. The standard InChI is InChI=1S/C24H22N2O2S/c27-22-15-8-16-26(22)20-12-7-11-19(17-20)25-24(28)23(18-9-3-1-4-10-18)29-21-13-5-2-6-14-21/h1-7,9-14,17,23H,8,15-16H2,(H,25,28). The fraction of sp³-hybridized carbons (Fsp3) is 0.167. The number of carbonyl (C=O) groups is 2. The van der Waals surface area contributed by atoms with E-state index in [9.17, 15) is 9.59 Å². The molecular weight excluding hydrogens is 380 g/mol. The van der Waals surface area contributed by atoms with Gasteiger partial charge >= 0.3 is 0 Å². The zero-order valence-corrected chi connectivity index (χ0v) is 16.8. The molecule has 3 aromatic carbocycles. The molecule has 1 N–H and O–H groups in total. The van der Waals surface area contributed by atoms with Crippen LogP contribution in [-0.4, -0.2) is 18.4 Å². The summed E-state index contributed by atoms with van der Waals surface area (Å²) < 4.78 is 0. The van der Waals surface area contributed by atoms with E-state index in [0.29, 0.717) is 12.1 Å². The van der Waals surface area contributed by atoms with E-state index in [1.54, 1.807) is 4.90 Å². The van der Waals surface area contributed by atoms with Gasteiger partial charge in [-0.2, -0.15) is 0 Å². The van der Waals surface area contributed by atoms with Crippen molar-refractivity contribution in [1.82, 2.24) is 0 Å². The van der Waals surface area contributed by atoms with Gasteiger partial charge in [0.05, 0.1) is 0 Å². The number of nitrogens with one attached hydrogen (secondary N) is 1. The van der Waals surface area contributed by atoms with Crippen molar-refractivity contribution in [3.63, 3.8) is 0 Å². The van der Waals surface area contributed by atoms with Gasteiger partial charge in [-0.05, 0) is 42.3 Å². The molecule has 0 radical (unpaired) electrons. The van der Waals surface area contributed by atoms with E-state index in [-0.39, 0.29) is 17.1 Å². The number of hydrogen-bond acceptors (Lipinski definition) is 3. The van der Waals surface area contributed by atoms with Gasteiger partial charge in [0.2, 0.25) is 11.8 Å². The summed E-state index contributed by atoms with van der Waals surface area (Å²) in [6, 6.07) is 27.2. The monoisotopic (exact) mass is 402 g/mol. The number of amides is 2. The average Bonchev–Trinajstić information content (AvgIpc) is 3.19. The number of carbonyl (C=O) groups excluding carboxylic acids is 2. The fourth-order valence-corrected chi connectivity index (χ4v) is 4.46. The van der Waals surface area contributed by atoms with Gasteiger partial charge in [-0.15, -0.1) is 11.8 Å². The SMILES string of the molecule is O=C(Nc1cccc(N2CCCC2=O)c1)C(Sc1ccccc1)c1ccccc1. The quantitative estimate of drug-likeness (QED) is 0.570. The Morgan fingerprint density at radius 2 is 1.66 bits per heavy atom. The van der Waals surface area contributed by atoms with Crippen molar-refractivity contribution in [2.75, 3.05) is 16.8 Å². The van der Waals surface area contributed by atoms with Gasteiger partial charge in [-0.1, -0.05) is 54.6 Å². The van der Waals surface area contributed by atoms with E-state index in [0.717, 1.165) is 29.1 Å². The normalized spacial score (nSPS) is 14.6. The summed E-state index contributed by atoms with van der Waals surface area (Å²) in [5.41, 5.74) is 2.48. The van der Waals surface area contributed by atoms with Crippen LogP contribution >= 0.6 is 11.8 Å². The number of thioether (sulfide) groups is 1. The molecule has 1 saturated heterocycles. The third kappa shape index (κ3) is 4.69. The third-order valence-electron chi connectivity index (χ3n) is 4.84. The number of nitrogens with zero attached hydrogens (tertiary/aromatic N) is 1. The molecule has 0 aromatic heterocycles. The molecular formula is C24H22N2O2S. The van der Waals surface area contributed by atoms with Crippen LogP contribution in [0.4, 0.5) is 11.4 Å². The van der Waals surface area contributed by atoms with E-state index < -0.39 is 0 Å².